The maximum absolute atomic E-state index is 5.46. The molecule has 2 unspecified atom stereocenters. The molecular weight excluding hydrogens is 258 g/mol. The predicted octanol–water partition coefficient (Wildman–Crippen LogP) is 3.11. The summed E-state index contributed by atoms with van der Waals surface area (Å²) >= 11 is 2.06. The summed E-state index contributed by atoms with van der Waals surface area (Å²) in [5, 5.41) is 3.62. The largest absolute Gasteiger partial charge is 0.497 e. The molecule has 1 fully saturated rings. The van der Waals surface area contributed by atoms with Crippen molar-refractivity contribution in [3.63, 3.8) is 0 Å². The van der Waals surface area contributed by atoms with Gasteiger partial charge in [-0.15, -0.1) is 0 Å². The minimum Gasteiger partial charge on any atom is -0.497 e. The molecular formula is C15H23NO2S. The summed E-state index contributed by atoms with van der Waals surface area (Å²) in [6.45, 7) is 3.27. The first-order valence-corrected chi connectivity index (χ1v) is 7.93. The van der Waals surface area contributed by atoms with Gasteiger partial charge in [0.15, 0.2) is 0 Å². The van der Waals surface area contributed by atoms with E-state index in [1.807, 2.05) is 12.1 Å². The summed E-state index contributed by atoms with van der Waals surface area (Å²) in [6, 6.07) is 6.31. The maximum Gasteiger partial charge on any atom is 0.127 e. The van der Waals surface area contributed by atoms with Crippen molar-refractivity contribution in [2.75, 3.05) is 32.3 Å². The van der Waals surface area contributed by atoms with E-state index in [-0.39, 0.29) is 0 Å². The Hall–Kier alpha value is -0.870. The van der Waals surface area contributed by atoms with Crippen molar-refractivity contribution in [2.24, 2.45) is 5.92 Å². The topological polar surface area (TPSA) is 30.5 Å². The van der Waals surface area contributed by atoms with Crippen molar-refractivity contribution >= 4 is 11.8 Å². The summed E-state index contributed by atoms with van der Waals surface area (Å²) < 4.78 is 10.7. The number of benzene rings is 1. The minimum absolute atomic E-state index is 0.298. The van der Waals surface area contributed by atoms with E-state index in [2.05, 4.69) is 30.1 Å². The predicted molar refractivity (Wildman–Crippen MR) is 81.4 cm³/mol. The van der Waals surface area contributed by atoms with Crippen molar-refractivity contribution in [3.05, 3.63) is 23.8 Å². The van der Waals surface area contributed by atoms with E-state index in [1.165, 1.54) is 23.5 Å². The van der Waals surface area contributed by atoms with Gasteiger partial charge in [-0.05, 0) is 43.4 Å². The quantitative estimate of drug-likeness (QED) is 0.868. The molecule has 0 bridgehead atoms. The summed E-state index contributed by atoms with van der Waals surface area (Å²) in [4.78, 5) is 0. The molecule has 1 aliphatic rings. The first-order chi connectivity index (χ1) is 9.24. The molecule has 1 heterocycles. The normalized spacial score (nSPS) is 20.3. The minimum atomic E-state index is 0.298. The van der Waals surface area contributed by atoms with Crippen LogP contribution >= 0.6 is 11.8 Å². The van der Waals surface area contributed by atoms with Gasteiger partial charge < -0.3 is 14.8 Å². The van der Waals surface area contributed by atoms with Crippen LogP contribution in [0.25, 0.3) is 0 Å². The van der Waals surface area contributed by atoms with Crippen LogP contribution in [0.15, 0.2) is 18.2 Å². The van der Waals surface area contributed by atoms with Gasteiger partial charge in [0.05, 0.1) is 14.2 Å². The molecule has 0 spiro atoms. The Morgan fingerprint density at radius 3 is 2.84 bits per heavy atom. The number of rotatable bonds is 6. The monoisotopic (exact) mass is 281 g/mol. The van der Waals surface area contributed by atoms with E-state index in [4.69, 9.17) is 9.47 Å². The zero-order chi connectivity index (χ0) is 13.7. The van der Waals surface area contributed by atoms with Gasteiger partial charge >= 0.3 is 0 Å². The molecule has 0 radical (unpaired) electrons. The molecule has 2 rings (SSSR count). The van der Waals surface area contributed by atoms with E-state index in [0.717, 1.165) is 24.0 Å². The first kappa shape index (κ1) is 14.5. The lowest BCUT2D eigenvalue weighted by Crippen LogP contribution is -2.26. The van der Waals surface area contributed by atoms with Crippen LogP contribution in [0.1, 0.15) is 24.9 Å². The fourth-order valence-electron chi connectivity index (χ4n) is 2.37. The van der Waals surface area contributed by atoms with Gasteiger partial charge in [-0.3, -0.25) is 0 Å². The molecule has 19 heavy (non-hydrogen) atoms. The lowest BCUT2D eigenvalue weighted by atomic mass is 10.0. The maximum atomic E-state index is 5.46. The van der Waals surface area contributed by atoms with Crippen molar-refractivity contribution < 1.29 is 9.47 Å². The van der Waals surface area contributed by atoms with Crippen LogP contribution in [0.2, 0.25) is 0 Å². The van der Waals surface area contributed by atoms with Gasteiger partial charge in [0.2, 0.25) is 0 Å². The summed E-state index contributed by atoms with van der Waals surface area (Å²) in [5.74, 6) is 5.14. The van der Waals surface area contributed by atoms with Crippen LogP contribution in [0.3, 0.4) is 0 Å². The summed E-state index contributed by atoms with van der Waals surface area (Å²) in [5.41, 5.74) is 1.19. The highest BCUT2D eigenvalue weighted by molar-refractivity contribution is 7.99. The van der Waals surface area contributed by atoms with E-state index in [9.17, 15) is 0 Å². The summed E-state index contributed by atoms with van der Waals surface area (Å²) in [7, 11) is 3.38. The first-order valence-electron chi connectivity index (χ1n) is 6.77. The Balaban J connectivity index is 1.98. The second-order valence-corrected chi connectivity index (χ2v) is 6.12. The fraction of sp³-hybridized carbons (Fsp3) is 0.600. The molecule has 1 aliphatic heterocycles. The molecule has 0 saturated carbocycles. The molecule has 3 nitrogen and oxygen atoms in total. The molecule has 0 amide bonds. The molecule has 1 aromatic rings. The molecule has 1 N–H and O–H groups in total. The Morgan fingerprint density at radius 2 is 2.21 bits per heavy atom. The third kappa shape index (κ3) is 3.80. The highest BCUT2D eigenvalue weighted by Gasteiger charge is 2.18. The average molecular weight is 281 g/mol. The highest BCUT2D eigenvalue weighted by atomic mass is 32.2. The van der Waals surface area contributed by atoms with Gasteiger partial charge in [0.25, 0.3) is 0 Å². The van der Waals surface area contributed by atoms with Crippen LogP contribution in [0.5, 0.6) is 11.5 Å². The van der Waals surface area contributed by atoms with E-state index >= 15 is 0 Å². The molecule has 1 aromatic carbocycles. The van der Waals surface area contributed by atoms with Crippen molar-refractivity contribution in [1.29, 1.82) is 0 Å². The van der Waals surface area contributed by atoms with Gasteiger partial charge in [0, 0.05) is 17.7 Å². The zero-order valence-corrected chi connectivity index (χ0v) is 12.8. The number of nitrogens with one attached hydrogen (secondary N) is 1. The van der Waals surface area contributed by atoms with Gasteiger partial charge in [0.1, 0.15) is 11.5 Å². The van der Waals surface area contributed by atoms with Gasteiger partial charge in [-0.25, -0.2) is 0 Å². The molecule has 0 aliphatic carbocycles. The van der Waals surface area contributed by atoms with Crippen LogP contribution in [0.4, 0.5) is 0 Å². The second kappa shape index (κ2) is 7.06. The number of ether oxygens (including phenoxy) is 2. The van der Waals surface area contributed by atoms with E-state index in [1.54, 1.807) is 14.2 Å². The van der Waals surface area contributed by atoms with E-state index in [0.29, 0.717) is 6.04 Å². The van der Waals surface area contributed by atoms with Crippen molar-refractivity contribution in [3.8, 4) is 11.5 Å². The number of methoxy groups -OCH3 is 2. The molecule has 4 heteroatoms. The number of hydrogen-bond donors (Lipinski definition) is 1. The standard InChI is InChI=1S/C15H23NO2S/c1-11(16-9-12-6-7-19-10-12)14-5-4-13(17-2)8-15(14)18-3/h4-5,8,11-12,16H,6-7,9-10H2,1-3H3. The average Bonchev–Trinajstić information content (AvgIpc) is 2.97. The molecule has 106 valence electrons. The van der Waals surface area contributed by atoms with Gasteiger partial charge in [-0.1, -0.05) is 6.07 Å². The third-order valence-electron chi connectivity index (χ3n) is 3.64. The van der Waals surface area contributed by atoms with Crippen LogP contribution in [0, 0.1) is 5.92 Å². The fourth-order valence-corrected chi connectivity index (χ4v) is 3.66. The number of hydrogen-bond acceptors (Lipinski definition) is 4. The van der Waals surface area contributed by atoms with Crippen LogP contribution in [-0.4, -0.2) is 32.3 Å². The smallest absolute Gasteiger partial charge is 0.127 e. The zero-order valence-electron chi connectivity index (χ0n) is 11.9. The molecule has 2 atom stereocenters. The van der Waals surface area contributed by atoms with Crippen LogP contribution in [-0.2, 0) is 0 Å². The Bertz CT molecular complexity index is 405. The SMILES string of the molecule is COc1ccc(C(C)NCC2CCSC2)c(OC)c1. The highest BCUT2D eigenvalue weighted by Crippen LogP contribution is 2.30. The number of thioether (sulfide) groups is 1. The van der Waals surface area contributed by atoms with Gasteiger partial charge in [-0.2, -0.15) is 11.8 Å². The third-order valence-corrected chi connectivity index (χ3v) is 4.88. The second-order valence-electron chi connectivity index (χ2n) is 4.97. The lowest BCUT2D eigenvalue weighted by molar-refractivity contribution is 0.383. The molecule has 0 aromatic heterocycles. The Labute approximate surface area is 120 Å². The summed E-state index contributed by atoms with van der Waals surface area (Å²) in [6.07, 6.45) is 1.34. The lowest BCUT2D eigenvalue weighted by Gasteiger charge is -2.19. The van der Waals surface area contributed by atoms with Crippen molar-refractivity contribution in [2.45, 2.75) is 19.4 Å². The van der Waals surface area contributed by atoms with Crippen molar-refractivity contribution in [1.82, 2.24) is 5.32 Å². The molecule has 1 saturated heterocycles. The Morgan fingerprint density at radius 1 is 1.37 bits per heavy atom. The van der Waals surface area contributed by atoms with Crippen LogP contribution < -0.4 is 14.8 Å². The Kier molecular flexibility index (Phi) is 5.40. The van der Waals surface area contributed by atoms with E-state index < -0.39 is 0 Å².